The van der Waals surface area contributed by atoms with E-state index in [0.717, 1.165) is 18.7 Å². The minimum Gasteiger partial charge on any atom is -0.350 e. The second-order valence-corrected chi connectivity index (χ2v) is 5.10. The summed E-state index contributed by atoms with van der Waals surface area (Å²) in [5.74, 6) is 0. The normalized spacial score (nSPS) is 11.1. The third-order valence-corrected chi connectivity index (χ3v) is 3.08. The number of halogens is 1. The van der Waals surface area contributed by atoms with Gasteiger partial charge in [-0.1, -0.05) is 25.4 Å². The Kier molecular flexibility index (Phi) is 4.39. The van der Waals surface area contributed by atoms with E-state index in [4.69, 9.17) is 11.6 Å². The number of hydrogen-bond donors (Lipinski definition) is 1. The maximum absolute atomic E-state index is 6.10. The van der Waals surface area contributed by atoms with Crippen molar-refractivity contribution in [1.29, 1.82) is 0 Å². The molecule has 4 heteroatoms. The Morgan fingerprint density at radius 2 is 2.22 bits per heavy atom. The lowest BCUT2D eigenvalue weighted by Crippen LogP contribution is -2.21. The molecule has 2 rings (SSSR count). The van der Waals surface area contributed by atoms with Gasteiger partial charge in [0.15, 0.2) is 0 Å². The molecule has 0 saturated heterocycles. The lowest BCUT2D eigenvalue weighted by Gasteiger charge is -2.06. The molecule has 0 bridgehead atoms. The molecule has 0 atom stereocenters. The first kappa shape index (κ1) is 13.1. The highest BCUT2D eigenvalue weighted by Gasteiger charge is 2.02. The summed E-state index contributed by atoms with van der Waals surface area (Å²) in [7, 11) is 0. The molecule has 1 N–H and O–H groups in total. The van der Waals surface area contributed by atoms with Gasteiger partial charge in [-0.2, -0.15) is 0 Å². The lowest BCUT2D eigenvalue weighted by molar-refractivity contribution is 0.588. The first-order valence-electron chi connectivity index (χ1n) is 6.11. The summed E-state index contributed by atoms with van der Waals surface area (Å²) in [6.07, 6.45) is 7.67. The molecule has 0 saturated carbocycles. The van der Waals surface area contributed by atoms with Crippen molar-refractivity contribution in [3.8, 4) is 0 Å². The number of hydrogen-bond acceptors (Lipinski definition) is 2. The van der Waals surface area contributed by atoms with Crippen molar-refractivity contribution in [3.05, 3.63) is 53.1 Å². The molecule has 0 spiro atoms. The molecule has 0 radical (unpaired) electrons. The Bertz CT molecular complexity index is 505. The molecule has 96 valence electrons. The molecule has 0 aromatic carbocycles. The van der Waals surface area contributed by atoms with Gasteiger partial charge in [-0.05, 0) is 23.3 Å². The van der Waals surface area contributed by atoms with Crippen LogP contribution in [0.4, 0.5) is 0 Å². The minimum atomic E-state index is 0.503. The predicted octanol–water partition coefficient (Wildman–Crippen LogP) is 3.08. The van der Waals surface area contributed by atoms with E-state index in [-0.39, 0.29) is 0 Å². The summed E-state index contributed by atoms with van der Waals surface area (Å²) in [5, 5.41) is 4.12. The fourth-order valence-electron chi connectivity index (χ4n) is 1.74. The quantitative estimate of drug-likeness (QED) is 0.899. The van der Waals surface area contributed by atoms with Gasteiger partial charge in [0, 0.05) is 43.9 Å². The van der Waals surface area contributed by atoms with E-state index in [9.17, 15) is 0 Å². The summed E-state index contributed by atoms with van der Waals surface area (Å²) in [4.78, 5) is 3.99. The molecule has 2 heterocycles. The zero-order valence-electron chi connectivity index (χ0n) is 10.7. The lowest BCUT2D eigenvalue weighted by atomic mass is 10.2. The van der Waals surface area contributed by atoms with Crippen LogP contribution in [0.2, 0.25) is 5.02 Å². The van der Waals surface area contributed by atoms with Crippen molar-refractivity contribution >= 4 is 11.6 Å². The van der Waals surface area contributed by atoms with Crippen LogP contribution in [0.15, 0.2) is 36.9 Å². The van der Waals surface area contributed by atoms with Crippen LogP contribution < -0.4 is 5.32 Å². The standard InChI is InChI=1S/C14H18ClN3/c1-11(2)17-7-12-4-6-18(9-12)10-13-3-5-16-8-14(13)15/h3-6,8-9,11,17H,7,10H2,1-2H3. The molecule has 0 aliphatic rings. The highest BCUT2D eigenvalue weighted by Crippen LogP contribution is 2.15. The molecule has 3 nitrogen and oxygen atoms in total. The molecular weight excluding hydrogens is 246 g/mol. The fraction of sp³-hybridized carbons (Fsp3) is 0.357. The fourth-order valence-corrected chi connectivity index (χ4v) is 1.92. The van der Waals surface area contributed by atoms with Crippen molar-refractivity contribution in [2.45, 2.75) is 33.0 Å². The van der Waals surface area contributed by atoms with Gasteiger partial charge in [0.25, 0.3) is 0 Å². The third kappa shape index (κ3) is 3.59. The van der Waals surface area contributed by atoms with Crippen molar-refractivity contribution in [2.24, 2.45) is 0 Å². The largest absolute Gasteiger partial charge is 0.350 e. The van der Waals surface area contributed by atoms with Crippen LogP contribution >= 0.6 is 11.6 Å². The topological polar surface area (TPSA) is 29.9 Å². The zero-order chi connectivity index (χ0) is 13.0. The van der Waals surface area contributed by atoms with E-state index in [1.54, 1.807) is 12.4 Å². The smallest absolute Gasteiger partial charge is 0.0639 e. The first-order chi connectivity index (χ1) is 8.65. The van der Waals surface area contributed by atoms with Gasteiger partial charge in [0.2, 0.25) is 0 Å². The molecular formula is C14H18ClN3. The van der Waals surface area contributed by atoms with Crippen LogP contribution in [-0.2, 0) is 13.1 Å². The van der Waals surface area contributed by atoms with Gasteiger partial charge in [0.1, 0.15) is 0 Å². The van der Waals surface area contributed by atoms with E-state index in [0.29, 0.717) is 11.1 Å². The van der Waals surface area contributed by atoms with E-state index in [1.165, 1.54) is 5.56 Å². The van der Waals surface area contributed by atoms with Gasteiger partial charge in [-0.25, -0.2) is 0 Å². The van der Waals surface area contributed by atoms with Crippen LogP contribution in [0.1, 0.15) is 25.0 Å². The average molecular weight is 264 g/mol. The number of nitrogens with zero attached hydrogens (tertiary/aromatic N) is 2. The van der Waals surface area contributed by atoms with Crippen LogP contribution in [0.25, 0.3) is 0 Å². The van der Waals surface area contributed by atoms with Gasteiger partial charge in [-0.3, -0.25) is 4.98 Å². The molecule has 0 aliphatic carbocycles. The van der Waals surface area contributed by atoms with Gasteiger partial charge in [-0.15, -0.1) is 0 Å². The third-order valence-electron chi connectivity index (χ3n) is 2.74. The molecule has 0 fully saturated rings. The molecule has 18 heavy (non-hydrogen) atoms. The number of pyridine rings is 1. The Morgan fingerprint density at radius 1 is 1.39 bits per heavy atom. The average Bonchev–Trinajstić information content (AvgIpc) is 2.77. The Balaban J connectivity index is 2.00. The van der Waals surface area contributed by atoms with E-state index < -0.39 is 0 Å². The van der Waals surface area contributed by atoms with Crippen LogP contribution in [0, 0.1) is 0 Å². The maximum Gasteiger partial charge on any atom is 0.0639 e. The SMILES string of the molecule is CC(C)NCc1ccn(Cc2ccncc2Cl)c1. The Labute approximate surface area is 113 Å². The summed E-state index contributed by atoms with van der Waals surface area (Å²) in [6.45, 7) is 5.97. The van der Waals surface area contributed by atoms with Crippen molar-refractivity contribution in [2.75, 3.05) is 0 Å². The first-order valence-corrected chi connectivity index (χ1v) is 6.49. The molecule has 0 amide bonds. The summed E-state index contributed by atoms with van der Waals surface area (Å²) in [6, 6.07) is 4.58. The van der Waals surface area contributed by atoms with Crippen molar-refractivity contribution in [3.63, 3.8) is 0 Å². The van der Waals surface area contributed by atoms with E-state index in [1.807, 2.05) is 6.07 Å². The number of aromatic nitrogens is 2. The van der Waals surface area contributed by atoms with Gasteiger partial charge < -0.3 is 9.88 Å². The summed E-state index contributed by atoms with van der Waals surface area (Å²) >= 11 is 6.10. The maximum atomic E-state index is 6.10. The number of rotatable bonds is 5. The Hall–Kier alpha value is -1.32. The Morgan fingerprint density at radius 3 is 2.94 bits per heavy atom. The molecule has 0 aliphatic heterocycles. The predicted molar refractivity (Wildman–Crippen MR) is 74.8 cm³/mol. The minimum absolute atomic E-state index is 0.503. The highest BCUT2D eigenvalue weighted by molar-refractivity contribution is 6.31. The summed E-state index contributed by atoms with van der Waals surface area (Å²) in [5.41, 5.74) is 2.37. The van der Waals surface area contributed by atoms with Gasteiger partial charge >= 0.3 is 0 Å². The molecule has 2 aromatic rings. The van der Waals surface area contributed by atoms with Crippen molar-refractivity contribution < 1.29 is 0 Å². The molecule has 0 unspecified atom stereocenters. The van der Waals surface area contributed by atoms with Gasteiger partial charge in [0.05, 0.1) is 5.02 Å². The highest BCUT2D eigenvalue weighted by atomic mass is 35.5. The van der Waals surface area contributed by atoms with Crippen LogP contribution in [0.5, 0.6) is 0 Å². The van der Waals surface area contributed by atoms with Crippen LogP contribution in [-0.4, -0.2) is 15.6 Å². The van der Waals surface area contributed by atoms with Crippen molar-refractivity contribution in [1.82, 2.24) is 14.9 Å². The second kappa shape index (κ2) is 6.03. The van der Waals surface area contributed by atoms with Crippen LogP contribution in [0.3, 0.4) is 0 Å². The van der Waals surface area contributed by atoms with E-state index in [2.05, 4.69) is 47.2 Å². The zero-order valence-corrected chi connectivity index (χ0v) is 11.5. The van der Waals surface area contributed by atoms with E-state index >= 15 is 0 Å². The number of nitrogens with one attached hydrogen (secondary N) is 1. The summed E-state index contributed by atoms with van der Waals surface area (Å²) < 4.78 is 2.14. The molecule has 2 aromatic heterocycles. The second-order valence-electron chi connectivity index (χ2n) is 4.69. The monoisotopic (exact) mass is 263 g/mol.